The Bertz CT molecular complexity index is 211. The molecule has 1 saturated heterocycles. The van der Waals surface area contributed by atoms with E-state index in [0.717, 1.165) is 12.3 Å². The summed E-state index contributed by atoms with van der Waals surface area (Å²) in [6.07, 6.45) is 4.41. The minimum absolute atomic E-state index is 0.569. The first kappa shape index (κ1) is 14.3. The van der Waals surface area contributed by atoms with Crippen molar-refractivity contribution in [2.24, 2.45) is 0 Å². The Kier molecular flexibility index (Phi) is 5.57. The third-order valence-electron chi connectivity index (χ3n) is 3.44. The fraction of sp³-hybridized carbons (Fsp3) is 1.00. The predicted molar refractivity (Wildman–Crippen MR) is 72.1 cm³/mol. The van der Waals surface area contributed by atoms with Gasteiger partial charge >= 0.3 is 0 Å². The second-order valence-electron chi connectivity index (χ2n) is 5.36. The highest BCUT2D eigenvalue weighted by Gasteiger charge is 2.25. The van der Waals surface area contributed by atoms with Gasteiger partial charge in [0.15, 0.2) is 0 Å². The van der Waals surface area contributed by atoms with Crippen LogP contribution in [-0.2, 0) is 0 Å². The second-order valence-corrected chi connectivity index (χ2v) is 6.23. The summed E-state index contributed by atoms with van der Waals surface area (Å²) < 4.78 is 0. The highest BCUT2D eigenvalue weighted by atomic mass is 32.2. The van der Waals surface area contributed by atoms with Gasteiger partial charge in [-0.3, -0.25) is 0 Å². The molecular formula is C12H26N2OS. The van der Waals surface area contributed by atoms with Crippen LogP contribution >= 0.6 is 11.8 Å². The zero-order valence-electron chi connectivity index (χ0n) is 11.0. The molecule has 3 unspecified atom stereocenters. The third-order valence-corrected chi connectivity index (χ3v) is 4.35. The second kappa shape index (κ2) is 6.24. The molecule has 1 aliphatic rings. The van der Waals surface area contributed by atoms with Crippen LogP contribution in [0.25, 0.3) is 0 Å². The van der Waals surface area contributed by atoms with Crippen LogP contribution in [0.15, 0.2) is 0 Å². The van der Waals surface area contributed by atoms with Gasteiger partial charge in [0.2, 0.25) is 0 Å². The Labute approximate surface area is 104 Å². The number of hydrogen-bond donors (Lipinski definition) is 2. The van der Waals surface area contributed by atoms with Gasteiger partial charge in [-0.1, -0.05) is 0 Å². The summed E-state index contributed by atoms with van der Waals surface area (Å²) in [5, 5.41) is 13.6. The lowest BCUT2D eigenvalue weighted by Gasteiger charge is -2.36. The molecule has 0 aliphatic carbocycles. The number of hydrogen-bond acceptors (Lipinski definition) is 4. The average Bonchev–Trinajstić information content (AvgIpc) is 2.20. The van der Waals surface area contributed by atoms with E-state index in [1.54, 1.807) is 11.8 Å². The number of aliphatic hydroxyl groups is 1. The smallest absolute Gasteiger partial charge is 0.0833 e. The lowest BCUT2D eigenvalue weighted by Crippen LogP contribution is -2.50. The molecule has 0 spiro atoms. The van der Waals surface area contributed by atoms with E-state index in [1.807, 2.05) is 13.2 Å². The van der Waals surface area contributed by atoms with Crippen molar-refractivity contribution in [3.8, 4) is 0 Å². The highest BCUT2D eigenvalue weighted by Crippen LogP contribution is 2.16. The molecule has 0 aromatic heterocycles. The van der Waals surface area contributed by atoms with E-state index in [-0.39, 0.29) is 0 Å². The Morgan fingerprint density at radius 2 is 2.25 bits per heavy atom. The van der Waals surface area contributed by atoms with E-state index >= 15 is 0 Å². The van der Waals surface area contributed by atoms with Crippen molar-refractivity contribution in [2.75, 3.05) is 32.1 Å². The summed E-state index contributed by atoms with van der Waals surface area (Å²) in [6.45, 7) is 6.04. The van der Waals surface area contributed by atoms with Gasteiger partial charge in [-0.15, -0.1) is 0 Å². The summed E-state index contributed by atoms with van der Waals surface area (Å²) >= 11 is 1.70. The first-order chi connectivity index (χ1) is 7.44. The van der Waals surface area contributed by atoms with Gasteiger partial charge in [-0.25, -0.2) is 0 Å². The molecule has 1 heterocycles. The van der Waals surface area contributed by atoms with Crippen LogP contribution in [0.3, 0.4) is 0 Å². The Hall–Kier alpha value is 0.230. The van der Waals surface area contributed by atoms with Crippen LogP contribution in [0, 0.1) is 0 Å². The van der Waals surface area contributed by atoms with Crippen molar-refractivity contribution < 1.29 is 5.11 Å². The van der Waals surface area contributed by atoms with E-state index in [9.17, 15) is 5.11 Å². The quantitative estimate of drug-likeness (QED) is 0.763. The zero-order chi connectivity index (χ0) is 12.2. The van der Waals surface area contributed by atoms with Crippen LogP contribution in [0.1, 0.15) is 26.7 Å². The van der Waals surface area contributed by atoms with Crippen LogP contribution < -0.4 is 5.32 Å². The van der Waals surface area contributed by atoms with Crippen molar-refractivity contribution in [3.05, 3.63) is 0 Å². The molecular weight excluding hydrogens is 220 g/mol. The van der Waals surface area contributed by atoms with Gasteiger partial charge in [-0.05, 0) is 46.5 Å². The number of nitrogens with one attached hydrogen (secondary N) is 1. The van der Waals surface area contributed by atoms with Crippen molar-refractivity contribution in [3.63, 3.8) is 0 Å². The fourth-order valence-corrected chi connectivity index (χ4v) is 2.92. The predicted octanol–water partition coefficient (Wildman–Crippen LogP) is 1.17. The molecule has 0 radical (unpaired) electrons. The van der Waals surface area contributed by atoms with E-state index < -0.39 is 5.60 Å². The summed E-state index contributed by atoms with van der Waals surface area (Å²) in [5.41, 5.74) is -0.577. The van der Waals surface area contributed by atoms with E-state index in [2.05, 4.69) is 24.2 Å². The van der Waals surface area contributed by atoms with Gasteiger partial charge in [-0.2, -0.15) is 11.8 Å². The maximum absolute atomic E-state index is 10.1. The summed E-state index contributed by atoms with van der Waals surface area (Å²) in [5.74, 6) is 0.794. The fourth-order valence-electron chi connectivity index (χ4n) is 2.20. The zero-order valence-corrected chi connectivity index (χ0v) is 11.8. The first-order valence-electron chi connectivity index (χ1n) is 6.09. The summed E-state index contributed by atoms with van der Waals surface area (Å²) in [7, 11) is 2.19. The first-order valence-corrected chi connectivity index (χ1v) is 7.49. The van der Waals surface area contributed by atoms with Crippen molar-refractivity contribution in [1.82, 2.24) is 10.2 Å². The van der Waals surface area contributed by atoms with E-state index in [0.29, 0.717) is 18.6 Å². The lowest BCUT2D eigenvalue weighted by molar-refractivity contribution is 0.0739. The van der Waals surface area contributed by atoms with Crippen LogP contribution in [0.2, 0.25) is 0 Å². The highest BCUT2D eigenvalue weighted by molar-refractivity contribution is 7.98. The molecule has 1 aliphatic heterocycles. The summed E-state index contributed by atoms with van der Waals surface area (Å²) in [6, 6.07) is 1.22. The van der Waals surface area contributed by atoms with Crippen molar-refractivity contribution in [2.45, 2.75) is 44.4 Å². The summed E-state index contributed by atoms with van der Waals surface area (Å²) in [4.78, 5) is 2.40. The van der Waals surface area contributed by atoms with E-state index in [1.165, 1.54) is 12.8 Å². The maximum atomic E-state index is 10.1. The van der Waals surface area contributed by atoms with Crippen molar-refractivity contribution in [1.29, 1.82) is 0 Å². The van der Waals surface area contributed by atoms with Crippen molar-refractivity contribution >= 4 is 11.8 Å². The normalized spacial score (nSPS) is 31.3. The Morgan fingerprint density at radius 3 is 2.81 bits per heavy atom. The lowest BCUT2D eigenvalue weighted by atomic mass is 9.98. The van der Waals surface area contributed by atoms with Gasteiger partial charge in [0.1, 0.15) is 0 Å². The monoisotopic (exact) mass is 246 g/mol. The largest absolute Gasteiger partial charge is 0.388 e. The number of nitrogens with zero attached hydrogens (tertiary/aromatic N) is 1. The molecule has 4 heteroatoms. The van der Waals surface area contributed by atoms with Crippen LogP contribution in [0.4, 0.5) is 0 Å². The molecule has 1 fully saturated rings. The topological polar surface area (TPSA) is 35.5 Å². The number of thioether (sulfide) groups is 1. The molecule has 0 aromatic rings. The standard InChI is InChI=1S/C12H26N2OS/c1-10-7-11(5-6-14(10)3)13-8-12(2,15)9-16-4/h10-11,13,15H,5-9H2,1-4H3. The molecule has 3 nitrogen and oxygen atoms in total. The van der Waals surface area contributed by atoms with Crippen LogP contribution in [0.5, 0.6) is 0 Å². The van der Waals surface area contributed by atoms with Crippen LogP contribution in [-0.4, -0.2) is 59.8 Å². The van der Waals surface area contributed by atoms with Gasteiger partial charge < -0.3 is 15.3 Å². The van der Waals surface area contributed by atoms with Gasteiger partial charge in [0.05, 0.1) is 5.60 Å². The SMILES string of the molecule is CSCC(C)(O)CNC1CCN(C)C(C)C1. The molecule has 3 atom stereocenters. The number of piperidine rings is 1. The van der Waals surface area contributed by atoms with Gasteiger partial charge in [0, 0.05) is 24.4 Å². The molecule has 1 rings (SSSR count). The number of likely N-dealkylation sites (tertiary alicyclic amines) is 1. The molecule has 0 aromatic carbocycles. The molecule has 16 heavy (non-hydrogen) atoms. The number of rotatable bonds is 5. The Balaban J connectivity index is 2.28. The molecule has 0 bridgehead atoms. The molecule has 0 saturated carbocycles. The van der Waals surface area contributed by atoms with Gasteiger partial charge in [0.25, 0.3) is 0 Å². The molecule has 0 amide bonds. The average molecular weight is 246 g/mol. The minimum atomic E-state index is -0.577. The van der Waals surface area contributed by atoms with E-state index in [4.69, 9.17) is 0 Å². The maximum Gasteiger partial charge on any atom is 0.0833 e. The molecule has 2 N–H and O–H groups in total. The Morgan fingerprint density at radius 1 is 1.56 bits per heavy atom. The minimum Gasteiger partial charge on any atom is -0.388 e. The third kappa shape index (κ3) is 4.62. The molecule has 96 valence electrons.